The van der Waals surface area contributed by atoms with E-state index in [9.17, 15) is 26.4 Å². The molecule has 33 heavy (non-hydrogen) atoms. The van der Waals surface area contributed by atoms with Crippen molar-refractivity contribution in [2.24, 2.45) is 0 Å². The van der Waals surface area contributed by atoms with Gasteiger partial charge in [0, 0.05) is 15.7 Å². The minimum atomic E-state index is -4.71. The average Bonchev–Trinajstić information content (AvgIpc) is 2.74. The Morgan fingerprint density at radius 2 is 1.52 bits per heavy atom. The molecule has 6 nitrogen and oxygen atoms in total. The molecule has 0 aliphatic heterocycles. The van der Waals surface area contributed by atoms with E-state index >= 15 is 0 Å². The lowest BCUT2D eigenvalue weighted by Crippen LogP contribution is -2.22. The normalized spacial score (nSPS) is 11.7. The Hall–Kier alpha value is -2.95. The number of carbonyl (C=O) groups excluding carboxylic acids is 1. The molecule has 0 saturated heterocycles. The quantitative estimate of drug-likeness (QED) is 0.412. The van der Waals surface area contributed by atoms with Gasteiger partial charge in [-0.1, -0.05) is 23.2 Å². The monoisotopic (exact) mass is 518 g/mol. The number of carbonyl (C=O) groups is 1. The second kappa shape index (κ2) is 9.90. The van der Waals surface area contributed by atoms with Gasteiger partial charge in [-0.15, -0.1) is 0 Å². The molecule has 3 rings (SSSR count). The zero-order valence-electron chi connectivity index (χ0n) is 16.5. The van der Waals surface area contributed by atoms with Gasteiger partial charge in [0.15, 0.2) is 6.61 Å². The van der Waals surface area contributed by atoms with Crippen LogP contribution in [-0.2, 0) is 21.0 Å². The third-order valence-corrected chi connectivity index (χ3v) is 6.05. The van der Waals surface area contributed by atoms with E-state index in [1.807, 2.05) is 0 Å². The zero-order chi connectivity index (χ0) is 24.2. The van der Waals surface area contributed by atoms with Crippen LogP contribution in [-0.4, -0.2) is 20.9 Å². The number of alkyl halides is 3. The maximum absolute atomic E-state index is 13.1. The van der Waals surface area contributed by atoms with Crippen LogP contribution in [0, 0.1) is 0 Å². The van der Waals surface area contributed by atoms with Gasteiger partial charge >= 0.3 is 6.18 Å². The molecule has 0 aliphatic rings. The molecule has 0 unspecified atom stereocenters. The Labute approximate surface area is 197 Å². The molecule has 0 fully saturated rings. The summed E-state index contributed by atoms with van der Waals surface area (Å²) in [6.07, 6.45) is -4.71. The number of sulfonamides is 1. The van der Waals surface area contributed by atoms with Gasteiger partial charge in [0.05, 0.1) is 16.1 Å². The molecule has 0 bridgehead atoms. The summed E-state index contributed by atoms with van der Waals surface area (Å²) in [6.45, 7) is -0.602. The predicted molar refractivity (Wildman–Crippen MR) is 119 cm³/mol. The van der Waals surface area contributed by atoms with Crippen LogP contribution in [0.5, 0.6) is 5.75 Å². The second-order valence-electron chi connectivity index (χ2n) is 6.61. The van der Waals surface area contributed by atoms with Gasteiger partial charge in [-0.2, -0.15) is 13.2 Å². The summed E-state index contributed by atoms with van der Waals surface area (Å²) < 4.78 is 71.9. The fourth-order valence-electron chi connectivity index (χ4n) is 2.64. The maximum atomic E-state index is 13.1. The minimum absolute atomic E-state index is 0.0646. The third kappa shape index (κ3) is 6.77. The number of amides is 1. The van der Waals surface area contributed by atoms with Crippen LogP contribution >= 0.6 is 23.2 Å². The summed E-state index contributed by atoms with van der Waals surface area (Å²) >= 11 is 11.4. The van der Waals surface area contributed by atoms with E-state index in [-0.39, 0.29) is 15.7 Å². The molecule has 0 heterocycles. The first-order valence-electron chi connectivity index (χ1n) is 9.12. The molecule has 0 aliphatic carbocycles. The van der Waals surface area contributed by atoms with Gasteiger partial charge in [0.1, 0.15) is 5.75 Å². The van der Waals surface area contributed by atoms with Crippen molar-refractivity contribution in [2.45, 2.75) is 11.1 Å². The van der Waals surface area contributed by atoms with Crippen LogP contribution in [0.4, 0.5) is 24.5 Å². The number of hydrogen-bond donors (Lipinski definition) is 2. The summed E-state index contributed by atoms with van der Waals surface area (Å²) in [6, 6.07) is 14.2. The fourth-order valence-corrected chi connectivity index (χ4v) is 4.00. The van der Waals surface area contributed by atoms with Crippen LogP contribution in [0.2, 0.25) is 10.0 Å². The molecule has 174 valence electrons. The molecular formula is C21H15Cl2F3N2O4S. The molecule has 12 heteroatoms. The van der Waals surface area contributed by atoms with E-state index in [4.69, 9.17) is 27.9 Å². The number of benzene rings is 3. The van der Waals surface area contributed by atoms with Crippen molar-refractivity contribution < 1.29 is 31.1 Å². The third-order valence-electron chi connectivity index (χ3n) is 4.16. The highest BCUT2D eigenvalue weighted by Crippen LogP contribution is 2.36. The first-order valence-corrected chi connectivity index (χ1v) is 11.4. The van der Waals surface area contributed by atoms with Crippen molar-refractivity contribution in [1.29, 1.82) is 0 Å². The lowest BCUT2D eigenvalue weighted by atomic mass is 10.1. The van der Waals surface area contributed by atoms with Crippen molar-refractivity contribution in [3.8, 4) is 5.75 Å². The molecule has 0 saturated carbocycles. The van der Waals surface area contributed by atoms with E-state index in [0.717, 1.165) is 6.07 Å². The van der Waals surface area contributed by atoms with Crippen LogP contribution < -0.4 is 14.8 Å². The minimum Gasteiger partial charge on any atom is -0.484 e. The second-order valence-corrected chi connectivity index (χ2v) is 9.16. The first kappa shape index (κ1) is 24.7. The van der Waals surface area contributed by atoms with Crippen molar-refractivity contribution >= 4 is 50.5 Å². The smallest absolute Gasteiger partial charge is 0.418 e. The van der Waals surface area contributed by atoms with E-state index in [1.54, 1.807) is 0 Å². The summed E-state index contributed by atoms with van der Waals surface area (Å²) in [5.74, 6) is -0.702. The Bertz CT molecular complexity index is 1250. The SMILES string of the molecule is O=C(COc1ccc(S(=O)(=O)Nc2ccc(Cl)cc2)cc1)Nc1ccc(Cl)cc1C(F)(F)F. The number of rotatable bonds is 7. The van der Waals surface area contributed by atoms with E-state index < -0.39 is 40.0 Å². The lowest BCUT2D eigenvalue weighted by Gasteiger charge is -2.14. The molecule has 0 atom stereocenters. The van der Waals surface area contributed by atoms with Gasteiger partial charge < -0.3 is 10.1 Å². The fraction of sp³-hybridized carbons (Fsp3) is 0.0952. The van der Waals surface area contributed by atoms with E-state index in [2.05, 4.69) is 10.0 Å². The van der Waals surface area contributed by atoms with Crippen LogP contribution in [0.25, 0.3) is 0 Å². The Balaban J connectivity index is 1.62. The Morgan fingerprint density at radius 3 is 2.12 bits per heavy atom. The number of ether oxygens (including phenoxy) is 1. The highest BCUT2D eigenvalue weighted by Gasteiger charge is 2.34. The molecule has 0 radical (unpaired) electrons. The lowest BCUT2D eigenvalue weighted by molar-refractivity contribution is -0.137. The number of nitrogens with one attached hydrogen (secondary N) is 2. The maximum Gasteiger partial charge on any atom is 0.418 e. The zero-order valence-corrected chi connectivity index (χ0v) is 18.8. The number of halogens is 5. The summed E-state index contributed by atoms with van der Waals surface area (Å²) in [7, 11) is -3.88. The summed E-state index contributed by atoms with van der Waals surface area (Å²) in [4.78, 5) is 12.0. The Kier molecular flexibility index (Phi) is 7.41. The van der Waals surface area contributed by atoms with Crippen molar-refractivity contribution in [3.05, 3.63) is 82.3 Å². The van der Waals surface area contributed by atoms with Crippen LogP contribution in [0.3, 0.4) is 0 Å². The predicted octanol–water partition coefficient (Wildman–Crippen LogP) is 5.83. The van der Waals surface area contributed by atoms with Crippen LogP contribution in [0.15, 0.2) is 71.6 Å². The van der Waals surface area contributed by atoms with Gasteiger partial charge in [-0.25, -0.2) is 8.42 Å². The first-order chi connectivity index (χ1) is 15.4. The topological polar surface area (TPSA) is 84.5 Å². The Morgan fingerprint density at radius 1 is 0.909 bits per heavy atom. The number of hydrogen-bond acceptors (Lipinski definition) is 4. The summed E-state index contributed by atoms with van der Waals surface area (Å²) in [5, 5.41) is 2.45. The molecule has 3 aromatic rings. The molecule has 0 aromatic heterocycles. The molecule has 2 N–H and O–H groups in total. The standard InChI is InChI=1S/C21H15Cl2F3N2O4S/c22-13-1-4-15(5-2-13)28-33(30,31)17-8-6-16(7-9-17)32-12-20(29)27-19-10-3-14(23)11-18(19)21(24,25)26/h1-11,28H,12H2,(H,27,29). The molecule has 1 amide bonds. The van der Waals surface area contributed by atoms with Crippen molar-refractivity contribution in [3.63, 3.8) is 0 Å². The highest BCUT2D eigenvalue weighted by atomic mass is 35.5. The van der Waals surface area contributed by atoms with Gasteiger partial charge in [-0.05, 0) is 66.7 Å². The van der Waals surface area contributed by atoms with Gasteiger partial charge in [0.25, 0.3) is 15.9 Å². The largest absolute Gasteiger partial charge is 0.484 e. The molecule has 0 spiro atoms. The van der Waals surface area contributed by atoms with E-state index in [1.165, 1.54) is 54.6 Å². The van der Waals surface area contributed by atoms with Gasteiger partial charge in [0.2, 0.25) is 0 Å². The number of anilines is 2. The molecular weight excluding hydrogens is 504 g/mol. The van der Waals surface area contributed by atoms with Crippen LogP contribution in [0.1, 0.15) is 5.56 Å². The highest BCUT2D eigenvalue weighted by molar-refractivity contribution is 7.92. The summed E-state index contributed by atoms with van der Waals surface area (Å²) in [5.41, 5.74) is -1.24. The average molecular weight is 519 g/mol. The van der Waals surface area contributed by atoms with E-state index in [0.29, 0.717) is 16.8 Å². The van der Waals surface area contributed by atoms with Gasteiger partial charge in [-0.3, -0.25) is 9.52 Å². The molecule has 3 aromatic carbocycles. The van der Waals surface area contributed by atoms with Crippen molar-refractivity contribution in [2.75, 3.05) is 16.6 Å². The van der Waals surface area contributed by atoms with Crippen molar-refractivity contribution in [1.82, 2.24) is 0 Å².